The van der Waals surface area contributed by atoms with Crippen molar-refractivity contribution in [2.75, 3.05) is 0 Å². The molecule has 0 saturated carbocycles. The minimum absolute atomic E-state index is 0. The van der Waals surface area contributed by atoms with Gasteiger partial charge in [-0.15, -0.1) is 0 Å². The van der Waals surface area contributed by atoms with Crippen LogP contribution in [0.4, 0.5) is 0 Å². The smallest absolute Gasteiger partial charge is 0 e. The van der Waals surface area contributed by atoms with E-state index < -0.39 is 0 Å². The Hall–Kier alpha value is 4.53. The second-order valence-corrected chi connectivity index (χ2v) is 0. The fraction of sp³-hybridized carbons (Fsp3) is 0. The molecule has 0 bridgehead atoms. The SMILES string of the molecule is O.O.O.[Al].[Ca].[K].[Na].[Si]. The van der Waals surface area contributed by atoms with E-state index in [0.29, 0.717) is 0 Å². The molecule has 6 N–H and O–H groups in total. The molecule has 0 aromatic rings. The van der Waals surface area contributed by atoms with Crippen LogP contribution in [0.1, 0.15) is 0 Å². The third kappa shape index (κ3) is 46.6. The summed E-state index contributed by atoms with van der Waals surface area (Å²) in [5, 5.41) is 0. The van der Waals surface area contributed by atoms with Crippen molar-refractivity contribution in [2.45, 2.75) is 0 Å². The summed E-state index contributed by atoms with van der Waals surface area (Å²) in [5.74, 6) is 0. The first-order valence-electron chi connectivity index (χ1n) is 0. The Bertz CT molecular complexity index is 19.2. The molecule has 0 unspecified atom stereocenters. The molecule has 0 rings (SSSR count). The van der Waals surface area contributed by atoms with Gasteiger partial charge in [0.15, 0.2) is 0 Å². The zero-order valence-corrected chi connectivity index (χ0v) is 14.8. The van der Waals surface area contributed by atoms with Crippen LogP contribution in [-0.4, -0.2) is 163 Å². The normalized spacial score (nSPS) is 0. The largest absolute Gasteiger partial charge is 0.412 e. The molecular formula is H6AlCaKNaO3Si. The minimum Gasteiger partial charge on any atom is -0.412 e. The first-order chi connectivity index (χ1) is 0. The average Bonchev–Trinajstić information content (AvgIpc) is 0. The van der Waals surface area contributed by atoms with Crippen LogP contribution in [0.5, 0.6) is 0 Å². The predicted octanol–water partition coefficient (Wildman–Crippen LogP) is -4.38. The Morgan fingerprint density at radius 1 is 0.750 bits per heavy atom. The van der Waals surface area contributed by atoms with Crippen molar-refractivity contribution in [1.82, 2.24) is 0 Å². The third-order valence-electron chi connectivity index (χ3n) is 0. The van der Waals surface area contributed by atoms with E-state index in [2.05, 4.69) is 0 Å². The second-order valence-electron chi connectivity index (χ2n) is 0. The Balaban J connectivity index is 0. The van der Waals surface area contributed by atoms with Crippen molar-refractivity contribution in [2.24, 2.45) is 0 Å². The molecule has 8 heteroatoms. The molecule has 3 nitrogen and oxygen atoms in total. The zero-order chi connectivity index (χ0) is 0. The summed E-state index contributed by atoms with van der Waals surface area (Å²) in [5.41, 5.74) is 0. The monoisotopic (exact) mass is 211 g/mol. The number of hydrogen-bond acceptors (Lipinski definition) is 0. The Morgan fingerprint density at radius 3 is 0.750 bits per heavy atom. The van der Waals surface area contributed by atoms with Gasteiger partial charge in [-0.05, 0) is 0 Å². The summed E-state index contributed by atoms with van der Waals surface area (Å²) in [4.78, 5) is 0. The van der Waals surface area contributed by atoms with Crippen molar-refractivity contribution in [1.29, 1.82) is 0 Å². The summed E-state index contributed by atoms with van der Waals surface area (Å²) in [6.07, 6.45) is 0. The second kappa shape index (κ2) is 62.3. The van der Waals surface area contributed by atoms with Crippen LogP contribution < -0.4 is 0 Å². The van der Waals surface area contributed by atoms with Crippen molar-refractivity contribution >= 4 is 147 Å². The molecule has 0 aromatic heterocycles. The first-order valence-corrected chi connectivity index (χ1v) is 0. The average molecular weight is 211 g/mol. The van der Waals surface area contributed by atoms with E-state index in [0.717, 1.165) is 0 Å². The van der Waals surface area contributed by atoms with E-state index in [1.807, 2.05) is 0 Å². The van der Waals surface area contributed by atoms with Gasteiger partial charge in [-0.1, -0.05) is 0 Å². The summed E-state index contributed by atoms with van der Waals surface area (Å²) in [7, 11) is 0. The van der Waals surface area contributed by atoms with Gasteiger partial charge < -0.3 is 16.4 Å². The van der Waals surface area contributed by atoms with E-state index in [9.17, 15) is 0 Å². The van der Waals surface area contributed by atoms with Gasteiger partial charge in [0.25, 0.3) is 0 Å². The van der Waals surface area contributed by atoms with E-state index in [4.69, 9.17) is 0 Å². The van der Waals surface area contributed by atoms with E-state index in [1.54, 1.807) is 0 Å². The Labute approximate surface area is 159 Å². The predicted molar refractivity (Wildman–Crippen MR) is 39.6 cm³/mol. The van der Waals surface area contributed by atoms with Gasteiger partial charge in [0, 0.05) is 147 Å². The molecule has 0 aliphatic rings. The van der Waals surface area contributed by atoms with Gasteiger partial charge in [0.1, 0.15) is 0 Å². The van der Waals surface area contributed by atoms with Gasteiger partial charge >= 0.3 is 0 Å². The fourth-order valence-electron chi connectivity index (χ4n) is 0. The first kappa shape index (κ1) is 81.2. The van der Waals surface area contributed by atoms with Crippen LogP contribution in [-0.2, 0) is 0 Å². The molecule has 35 valence electrons. The molecule has 0 fully saturated rings. The van der Waals surface area contributed by atoms with E-state index >= 15 is 0 Å². The number of hydrogen-bond donors (Lipinski definition) is 0. The van der Waals surface area contributed by atoms with Crippen LogP contribution in [0.2, 0.25) is 0 Å². The zero-order valence-electron chi connectivity index (χ0n) is 5.28. The molecule has 0 aromatic carbocycles. The van der Waals surface area contributed by atoms with Gasteiger partial charge in [-0.3, -0.25) is 0 Å². The Morgan fingerprint density at radius 2 is 0.750 bits per heavy atom. The summed E-state index contributed by atoms with van der Waals surface area (Å²) < 4.78 is 0. The molecule has 8 heavy (non-hydrogen) atoms. The quantitative estimate of drug-likeness (QED) is 0.362. The molecule has 0 saturated heterocycles. The van der Waals surface area contributed by atoms with Crippen molar-refractivity contribution in [3.8, 4) is 0 Å². The van der Waals surface area contributed by atoms with Crippen LogP contribution in [0, 0.1) is 0 Å². The molecule has 0 spiro atoms. The molecule has 0 aliphatic carbocycles. The molecule has 0 amide bonds. The van der Waals surface area contributed by atoms with Crippen LogP contribution in [0.15, 0.2) is 0 Å². The van der Waals surface area contributed by atoms with Gasteiger partial charge in [-0.25, -0.2) is 0 Å². The van der Waals surface area contributed by atoms with E-state index in [-0.39, 0.29) is 163 Å². The van der Waals surface area contributed by atoms with E-state index in [1.165, 1.54) is 0 Å². The molecule has 0 aliphatic heterocycles. The molecular weight excluding hydrogens is 205 g/mol. The number of rotatable bonds is 0. The molecule has 11 radical (unpaired) electrons. The third-order valence-corrected chi connectivity index (χ3v) is 0. The van der Waals surface area contributed by atoms with Crippen LogP contribution in [0.3, 0.4) is 0 Å². The maximum absolute atomic E-state index is 0. The van der Waals surface area contributed by atoms with Crippen molar-refractivity contribution in [3.63, 3.8) is 0 Å². The van der Waals surface area contributed by atoms with Crippen LogP contribution >= 0.6 is 0 Å². The maximum atomic E-state index is 0. The molecule has 0 atom stereocenters. The topological polar surface area (TPSA) is 94.5 Å². The van der Waals surface area contributed by atoms with Gasteiger partial charge in [-0.2, -0.15) is 0 Å². The minimum atomic E-state index is 0. The van der Waals surface area contributed by atoms with Crippen molar-refractivity contribution < 1.29 is 16.4 Å². The summed E-state index contributed by atoms with van der Waals surface area (Å²) >= 11 is 0. The molecule has 0 heterocycles. The van der Waals surface area contributed by atoms with Crippen LogP contribution in [0.25, 0.3) is 0 Å². The standard InChI is InChI=1S/Al.Ca.K.Na.3H2O.Si/h;;;;3*1H2;. The fourth-order valence-corrected chi connectivity index (χ4v) is 0. The van der Waals surface area contributed by atoms with Crippen molar-refractivity contribution in [3.05, 3.63) is 0 Å². The summed E-state index contributed by atoms with van der Waals surface area (Å²) in [6.45, 7) is 0. The van der Waals surface area contributed by atoms with Gasteiger partial charge in [0.05, 0.1) is 0 Å². The van der Waals surface area contributed by atoms with Gasteiger partial charge in [0.2, 0.25) is 0 Å². The summed E-state index contributed by atoms with van der Waals surface area (Å²) in [6, 6.07) is 0. The maximum Gasteiger partial charge on any atom is 0 e. The Kier molecular flexibility index (Phi) is 633.